The summed E-state index contributed by atoms with van der Waals surface area (Å²) in [4.78, 5) is 19.7. The van der Waals surface area contributed by atoms with Gasteiger partial charge in [-0.2, -0.15) is 0 Å². The number of rotatable bonds is 4. The second-order valence-electron chi connectivity index (χ2n) is 7.51. The van der Waals surface area contributed by atoms with Gasteiger partial charge in [0.2, 0.25) is 5.91 Å². The van der Waals surface area contributed by atoms with Crippen LogP contribution >= 0.6 is 11.3 Å². The topological polar surface area (TPSA) is 45.2 Å². The van der Waals surface area contributed by atoms with Crippen LogP contribution in [0.25, 0.3) is 0 Å². The Morgan fingerprint density at radius 3 is 2.67 bits per heavy atom. The molecule has 0 saturated heterocycles. The van der Waals surface area contributed by atoms with Gasteiger partial charge in [-0.15, -0.1) is 11.3 Å². The number of benzene rings is 2. The Hall–Kier alpha value is -2.66. The Kier molecular flexibility index (Phi) is 4.48. The molecule has 1 aromatic heterocycles. The lowest BCUT2D eigenvalue weighted by Gasteiger charge is -2.31. The van der Waals surface area contributed by atoms with Gasteiger partial charge >= 0.3 is 0 Å². The van der Waals surface area contributed by atoms with E-state index >= 15 is 0 Å². The van der Waals surface area contributed by atoms with Gasteiger partial charge in [0.1, 0.15) is 0 Å². The molecule has 138 valence electrons. The lowest BCUT2D eigenvalue weighted by atomic mass is 9.73. The maximum atomic E-state index is 13.4. The number of hydrogen-bond acceptors (Lipinski definition) is 4. The molecule has 0 fully saturated rings. The molecule has 1 aliphatic carbocycles. The summed E-state index contributed by atoms with van der Waals surface area (Å²) in [7, 11) is 4.09. The third-order valence-corrected chi connectivity index (χ3v) is 6.14. The highest BCUT2D eigenvalue weighted by Gasteiger charge is 2.49. The third-order valence-electron chi connectivity index (χ3n) is 5.46. The van der Waals surface area contributed by atoms with Crippen LogP contribution in [0.3, 0.4) is 0 Å². The monoisotopic (exact) mass is 377 g/mol. The number of nitrogens with zero attached hydrogens (tertiary/aromatic N) is 2. The van der Waals surface area contributed by atoms with Crippen molar-refractivity contribution in [2.75, 3.05) is 24.3 Å². The predicted octanol–water partition coefficient (Wildman–Crippen LogP) is 4.54. The number of carbonyl (C=O) groups excluding carboxylic acids is 1. The summed E-state index contributed by atoms with van der Waals surface area (Å²) >= 11 is 1.45. The van der Waals surface area contributed by atoms with Crippen LogP contribution in [-0.2, 0) is 11.2 Å². The van der Waals surface area contributed by atoms with Gasteiger partial charge < -0.3 is 10.2 Å². The van der Waals surface area contributed by atoms with Crippen molar-refractivity contribution in [3.63, 3.8) is 0 Å². The van der Waals surface area contributed by atoms with Crippen molar-refractivity contribution in [2.24, 2.45) is 5.41 Å². The summed E-state index contributed by atoms with van der Waals surface area (Å²) in [6.07, 6.45) is 2.43. The number of amides is 1. The Labute approximate surface area is 163 Å². The molecule has 3 aromatic rings. The zero-order chi connectivity index (χ0) is 19.0. The van der Waals surface area contributed by atoms with E-state index in [0.717, 1.165) is 5.69 Å². The molecule has 2 atom stereocenters. The standard InChI is InChI=1S/C22H23N3OS/c1-22(20(26)24-21-23-11-12-27-21)14-16-9-10-17(25(2)3)13-18(16)19(22)15-7-5-4-6-8-15/h4-13,19H,14H2,1-3H3,(H,23,24,26)/t19-,22+/m1/s1. The molecule has 4 rings (SSSR count). The molecule has 0 aliphatic heterocycles. The maximum absolute atomic E-state index is 13.4. The molecule has 4 nitrogen and oxygen atoms in total. The largest absolute Gasteiger partial charge is 0.378 e. The number of hydrogen-bond donors (Lipinski definition) is 1. The summed E-state index contributed by atoms with van der Waals surface area (Å²) < 4.78 is 0. The molecule has 27 heavy (non-hydrogen) atoms. The summed E-state index contributed by atoms with van der Waals surface area (Å²) in [6.45, 7) is 2.07. The van der Waals surface area contributed by atoms with Crippen LogP contribution in [0.5, 0.6) is 0 Å². The predicted molar refractivity (Wildman–Crippen MR) is 112 cm³/mol. The van der Waals surface area contributed by atoms with Crippen LogP contribution in [0.4, 0.5) is 10.8 Å². The van der Waals surface area contributed by atoms with E-state index in [4.69, 9.17) is 0 Å². The fraction of sp³-hybridized carbons (Fsp3) is 0.273. The van der Waals surface area contributed by atoms with Crippen molar-refractivity contribution in [2.45, 2.75) is 19.3 Å². The van der Waals surface area contributed by atoms with Crippen molar-refractivity contribution in [1.82, 2.24) is 4.98 Å². The minimum Gasteiger partial charge on any atom is -0.378 e. The van der Waals surface area contributed by atoms with Crippen LogP contribution < -0.4 is 10.2 Å². The van der Waals surface area contributed by atoms with Gasteiger partial charge in [-0.05, 0) is 42.2 Å². The zero-order valence-electron chi connectivity index (χ0n) is 15.8. The van der Waals surface area contributed by atoms with Crippen LogP contribution in [0.2, 0.25) is 0 Å². The van der Waals surface area contributed by atoms with E-state index < -0.39 is 5.41 Å². The Balaban J connectivity index is 1.80. The Bertz CT molecular complexity index is 953. The molecular weight excluding hydrogens is 354 g/mol. The van der Waals surface area contributed by atoms with Crippen molar-refractivity contribution < 1.29 is 4.79 Å². The maximum Gasteiger partial charge on any atom is 0.233 e. The first-order valence-corrected chi connectivity index (χ1v) is 9.93. The van der Waals surface area contributed by atoms with Crippen LogP contribution in [0.1, 0.15) is 29.5 Å². The summed E-state index contributed by atoms with van der Waals surface area (Å²) in [5.74, 6) is 0.0301. The molecule has 0 spiro atoms. The summed E-state index contributed by atoms with van der Waals surface area (Å²) in [5.41, 5.74) is 4.24. The molecule has 0 radical (unpaired) electrons. The zero-order valence-corrected chi connectivity index (χ0v) is 16.6. The molecule has 5 heteroatoms. The highest BCUT2D eigenvalue weighted by atomic mass is 32.1. The molecule has 2 aromatic carbocycles. The summed E-state index contributed by atoms with van der Waals surface area (Å²) in [5, 5.41) is 5.56. The SMILES string of the molecule is CN(C)c1ccc2c(c1)[C@@H](c1ccccc1)[C@@](C)(C(=O)Nc1nccs1)C2. The number of carbonyl (C=O) groups is 1. The highest BCUT2D eigenvalue weighted by Crippen LogP contribution is 2.52. The molecule has 0 bridgehead atoms. The van der Waals surface area contributed by atoms with E-state index in [0.29, 0.717) is 11.6 Å². The Morgan fingerprint density at radius 2 is 2.00 bits per heavy atom. The number of aromatic nitrogens is 1. The van der Waals surface area contributed by atoms with E-state index in [1.807, 2.05) is 37.7 Å². The van der Waals surface area contributed by atoms with E-state index in [-0.39, 0.29) is 11.8 Å². The van der Waals surface area contributed by atoms with E-state index in [1.54, 1.807) is 6.20 Å². The fourth-order valence-electron chi connectivity index (χ4n) is 4.06. The normalized spacial score (nSPS) is 20.9. The first-order valence-electron chi connectivity index (χ1n) is 9.05. The van der Waals surface area contributed by atoms with Crippen molar-refractivity contribution >= 4 is 28.1 Å². The molecule has 1 N–H and O–H groups in total. The molecule has 1 aliphatic rings. The van der Waals surface area contributed by atoms with E-state index in [9.17, 15) is 4.79 Å². The van der Waals surface area contributed by atoms with Gasteiger partial charge in [-0.3, -0.25) is 4.79 Å². The lowest BCUT2D eigenvalue weighted by Crippen LogP contribution is -2.37. The van der Waals surface area contributed by atoms with Gasteiger partial charge in [-0.1, -0.05) is 36.4 Å². The van der Waals surface area contributed by atoms with E-state index in [2.05, 4.69) is 52.5 Å². The minimum absolute atomic E-state index is 0.00793. The minimum atomic E-state index is -0.569. The van der Waals surface area contributed by atoms with E-state index in [1.165, 1.54) is 28.0 Å². The number of fused-ring (bicyclic) bond motifs is 1. The van der Waals surface area contributed by atoms with Gasteiger partial charge in [0.05, 0.1) is 5.41 Å². The first-order chi connectivity index (χ1) is 13.0. The molecule has 1 amide bonds. The Morgan fingerprint density at radius 1 is 1.22 bits per heavy atom. The second-order valence-corrected chi connectivity index (χ2v) is 8.40. The molecule has 1 heterocycles. The number of thiazole rings is 1. The third kappa shape index (κ3) is 3.12. The first kappa shape index (κ1) is 17.7. The van der Waals surface area contributed by atoms with Gasteiger partial charge in [0.15, 0.2) is 5.13 Å². The second kappa shape index (κ2) is 6.82. The average Bonchev–Trinajstić information content (AvgIpc) is 3.27. The fourth-order valence-corrected chi connectivity index (χ4v) is 4.58. The van der Waals surface area contributed by atoms with Crippen molar-refractivity contribution in [3.8, 4) is 0 Å². The van der Waals surface area contributed by atoms with Crippen molar-refractivity contribution in [3.05, 3.63) is 76.8 Å². The van der Waals surface area contributed by atoms with Gasteiger partial charge in [0, 0.05) is 37.3 Å². The quantitative estimate of drug-likeness (QED) is 0.726. The smallest absolute Gasteiger partial charge is 0.233 e. The highest BCUT2D eigenvalue weighted by molar-refractivity contribution is 7.13. The van der Waals surface area contributed by atoms with Crippen molar-refractivity contribution in [1.29, 1.82) is 0 Å². The van der Waals surface area contributed by atoms with Crippen LogP contribution in [0, 0.1) is 5.41 Å². The van der Waals surface area contributed by atoms with Crippen LogP contribution in [-0.4, -0.2) is 25.0 Å². The molecule has 0 unspecified atom stereocenters. The summed E-state index contributed by atoms with van der Waals surface area (Å²) in [6, 6.07) is 16.9. The van der Waals surface area contributed by atoms with Gasteiger partial charge in [-0.25, -0.2) is 4.98 Å². The lowest BCUT2D eigenvalue weighted by molar-refractivity contribution is -0.125. The number of nitrogens with one attached hydrogen (secondary N) is 1. The van der Waals surface area contributed by atoms with Gasteiger partial charge in [0.25, 0.3) is 0 Å². The number of anilines is 2. The molecule has 0 saturated carbocycles. The van der Waals surface area contributed by atoms with Crippen LogP contribution in [0.15, 0.2) is 60.1 Å². The average molecular weight is 378 g/mol. The molecular formula is C22H23N3OS.